The van der Waals surface area contributed by atoms with Gasteiger partial charge in [-0.25, -0.2) is 0 Å². The lowest BCUT2D eigenvalue weighted by atomic mass is 10.0. The maximum atomic E-state index is 12.1. The maximum Gasteiger partial charge on any atom is 0.252 e. The molecule has 0 radical (unpaired) electrons. The van der Waals surface area contributed by atoms with E-state index in [0.717, 1.165) is 11.0 Å². The summed E-state index contributed by atoms with van der Waals surface area (Å²) in [5.74, 6) is 2.99. The van der Waals surface area contributed by atoms with Gasteiger partial charge in [-0.15, -0.1) is 0 Å². The van der Waals surface area contributed by atoms with Crippen molar-refractivity contribution in [3.8, 4) is 0 Å². The zero-order valence-electron chi connectivity index (χ0n) is 10.1. The molecule has 0 aromatic heterocycles. The molecule has 1 amide bonds. The fraction of sp³-hybridized carbons (Fsp3) is 0.462. The molecule has 18 heavy (non-hydrogen) atoms. The molecule has 0 saturated carbocycles. The van der Waals surface area contributed by atoms with Crippen LogP contribution in [0, 0.1) is 5.92 Å². The summed E-state index contributed by atoms with van der Waals surface area (Å²) >= 11 is 5.37. The normalized spacial score (nSPS) is 16.5. The van der Waals surface area contributed by atoms with E-state index in [0.29, 0.717) is 17.2 Å². The Morgan fingerprint density at radius 3 is 2.89 bits per heavy atom. The average molecular weight is 329 g/mol. The molecule has 0 aliphatic carbocycles. The quantitative estimate of drug-likeness (QED) is 0.839. The van der Waals surface area contributed by atoms with Crippen molar-refractivity contribution in [2.24, 2.45) is 5.92 Å². The van der Waals surface area contributed by atoms with Crippen LogP contribution in [0.3, 0.4) is 0 Å². The number of amides is 1. The maximum absolute atomic E-state index is 12.1. The third kappa shape index (κ3) is 3.65. The van der Waals surface area contributed by atoms with Gasteiger partial charge in [0.25, 0.3) is 5.91 Å². The number of nitrogen functional groups attached to an aromatic ring is 1. The molecule has 3 N–H and O–H groups in total. The number of halogens is 1. The Morgan fingerprint density at radius 2 is 2.17 bits per heavy atom. The Balaban J connectivity index is 1.92. The lowest BCUT2D eigenvalue weighted by Gasteiger charge is -2.21. The zero-order chi connectivity index (χ0) is 13.0. The van der Waals surface area contributed by atoms with Crippen LogP contribution in [-0.2, 0) is 0 Å². The fourth-order valence-electron chi connectivity index (χ4n) is 2.00. The van der Waals surface area contributed by atoms with Gasteiger partial charge >= 0.3 is 0 Å². The van der Waals surface area contributed by atoms with Gasteiger partial charge in [0.05, 0.1) is 5.56 Å². The zero-order valence-corrected chi connectivity index (χ0v) is 12.5. The number of thioether (sulfide) groups is 1. The van der Waals surface area contributed by atoms with Crippen LogP contribution in [0.5, 0.6) is 0 Å². The average Bonchev–Trinajstić information content (AvgIpc) is 2.40. The van der Waals surface area contributed by atoms with Gasteiger partial charge in [-0.05, 0) is 64.4 Å². The van der Waals surface area contributed by atoms with Gasteiger partial charge in [0.1, 0.15) is 0 Å². The SMILES string of the molecule is Nc1ccc(Br)c(C(=O)NCC2CCSCC2)c1. The van der Waals surface area contributed by atoms with E-state index in [4.69, 9.17) is 5.73 Å². The highest BCUT2D eigenvalue weighted by molar-refractivity contribution is 9.10. The van der Waals surface area contributed by atoms with Gasteiger partial charge in [0, 0.05) is 16.7 Å². The van der Waals surface area contributed by atoms with E-state index in [1.54, 1.807) is 12.1 Å². The molecule has 5 heteroatoms. The molecule has 1 aromatic rings. The van der Waals surface area contributed by atoms with Gasteiger partial charge in [-0.3, -0.25) is 4.79 Å². The molecule has 1 aliphatic rings. The Kier molecular flexibility index (Phi) is 4.95. The summed E-state index contributed by atoms with van der Waals surface area (Å²) in [5, 5.41) is 3.00. The van der Waals surface area contributed by atoms with Gasteiger partial charge < -0.3 is 11.1 Å². The second-order valence-corrected chi connectivity index (χ2v) is 6.58. The van der Waals surface area contributed by atoms with Gasteiger partial charge in [-0.1, -0.05) is 0 Å². The smallest absolute Gasteiger partial charge is 0.252 e. The first-order valence-electron chi connectivity index (χ1n) is 6.08. The van der Waals surface area contributed by atoms with Crippen molar-refractivity contribution in [2.75, 3.05) is 23.8 Å². The molecule has 1 heterocycles. The Morgan fingerprint density at radius 1 is 1.44 bits per heavy atom. The molecule has 98 valence electrons. The number of benzene rings is 1. The van der Waals surface area contributed by atoms with Crippen molar-refractivity contribution < 1.29 is 4.79 Å². The highest BCUT2D eigenvalue weighted by atomic mass is 79.9. The summed E-state index contributed by atoms with van der Waals surface area (Å²) in [7, 11) is 0. The summed E-state index contributed by atoms with van der Waals surface area (Å²) in [5.41, 5.74) is 6.92. The minimum absolute atomic E-state index is 0.0487. The number of rotatable bonds is 3. The Labute approximate surface area is 120 Å². The lowest BCUT2D eigenvalue weighted by molar-refractivity contribution is 0.0945. The number of carbonyl (C=O) groups is 1. The van der Waals surface area contributed by atoms with Crippen LogP contribution >= 0.6 is 27.7 Å². The van der Waals surface area contributed by atoms with E-state index in [-0.39, 0.29) is 5.91 Å². The van der Waals surface area contributed by atoms with Crippen molar-refractivity contribution in [1.29, 1.82) is 0 Å². The first kappa shape index (κ1) is 13.7. The molecule has 0 unspecified atom stereocenters. The summed E-state index contributed by atoms with van der Waals surface area (Å²) in [6.45, 7) is 0.765. The Bertz CT molecular complexity index is 433. The van der Waals surface area contributed by atoms with Gasteiger partial charge in [-0.2, -0.15) is 11.8 Å². The van der Waals surface area contributed by atoms with E-state index in [2.05, 4.69) is 21.2 Å². The highest BCUT2D eigenvalue weighted by Gasteiger charge is 2.16. The van der Waals surface area contributed by atoms with E-state index in [9.17, 15) is 4.79 Å². The van der Waals surface area contributed by atoms with Crippen molar-refractivity contribution in [3.63, 3.8) is 0 Å². The molecule has 1 aromatic carbocycles. The van der Waals surface area contributed by atoms with E-state index >= 15 is 0 Å². The topological polar surface area (TPSA) is 55.1 Å². The minimum Gasteiger partial charge on any atom is -0.399 e. The number of anilines is 1. The molecule has 0 atom stereocenters. The summed E-state index contributed by atoms with van der Waals surface area (Å²) in [6, 6.07) is 5.29. The van der Waals surface area contributed by atoms with Crippen molar-refractivity contribution in [2.45, 2.75) is 12.8 Å². The third-order valence-corrected chi connectivity index (χ3v) is 4.87. The van der Waals surface area contributed by atoms with E-state index in [1.165, 1.54) is 24.3 Å². The van der Waals surface area contributed by atoms with Crippen LogP contribution in [0.4, 0.5) is 5.69 Å². The second-order valence-electron chi connectivity index (χ2n) is 4.51. The number of nitrogens with two attached hydrogens (primary N) is 1. The number of nitrogens with one attached hydrogen (secondary N) is 1. The molecule has 3 nitrogen and oxygen atoms in total. The largest absolute Gasteiger partial charge is 0.399 e. The standard InChI is InChI=1S/C13H17BrN2OS/c14-12-2-1-10(15)7-11(12)13(17)16-8-9-3-5-18-6-4-9/h1-2,7,9H,3-6,8,15H2,(H,16,17). The molecule has 1 saturated heterocycles. The van der Waals surface area contributed by atoms with Gasteiger partial charge in [0.2, 0.25) is 0 Å². The van der Waals surface area contributed by atoms with Crippen LogP contribution in [0.2, 0.25) is 0 Å². The van der Waals surface area contributed by atoms with Crippen molar-refractivity contribution in [3.05, 3.63) is 28.2 Å². The number of carbonyl (C=O) groups excluding carboxylic acids is 1. The predicted octanol–water partition coefficient (Wildman–Crippen LogP) is 2.90. The van der Waals surface area contributed by atoms with E-state index < -0.39 is 0 Å². The number of hydrogen-bond acceptors (Lipinski definition) is 3. The second kappa shape index (κ2) is 6.48. The van der Waals surface area contributed by atoms with Crippen molar-refractivity contribution in [1.82, 2.24) is 5.32 Å². The summed E-state index contributed by atoms with van der Waals surface area (Å²) in [4.78, 5) is 12.1. The minimum atomic E-state index is -0.0487. The molecule has 0 bridgehead atoms. The molecule has 1 aliphatic heterocycles. The highest BCUT2D eigenvalue weighted by Crippen LogP contribution is 2.23. The predicted molar refractivity (Wildman–Crippen MR) is 80.9 cm³/mol. The molecular weight excluding hydrogens is 312 g/mol. The molecule has 0 spiro atoms. The summed E-state index contributed by atoms with van der Waals surface area (Å²) in [6.07, 6.45) is 2.39. The molecule has 1 fully saturated rings. The van der Waals surface area contributed by atoms with Crippen LogP contribution in [0.25, 0.3) is 0 Å². The lowest BCUT2D eigenvalue weighted by Crippen LogP contribution is -2.31. The fourth-order valence-corrected chi connectivity index (χ4v) is 3.63. The molecule has 2 rings (SSSR count). The summed E-state index contributed by atoms with van der Waals surface area (Å²) < 4.78 is 0.786. The monoisotopic (exact) mass is 328 g/mol. The van der Waals surface area contributed by atoms with Crippen molar-refractivity contribution >= 4 is 39.3 Å². The Hall–Kier alpha value is -0.680. The first-order chi connectivity index (χ1) is 8.66. The van der Waals surface area contributed by atoms with Crippen LogP contribution < -0.4 is 11.1 Å². The van der Waals surface area contributed by atoms with E-state index in [1.807, 2.05) is 17.8 Å². The van der Waals surface area contributed by atoms with Crippen LogP contribution in [-0.4, -0.2) is 24.0 Å². The number of hydrogen-bond donors (Lipinski definition) is 2. The van der Waals surface area contributed by atoms with Crippen LogP contribution in [0.15, 0.2) is 22.7 Å². The first-order valence-corrected chi connectivity index (χ1v) is 8.02. The van der Waals surface area contributed by atoms with Gasteiger partial charge in [0.15, 0.2) is 0 Å². The molecular formula is C13H17BrN2OS. The van der Waals surface area contributed by atoms with Crippen LogP contribution in [0.1, 0.15) is 23.2 Å². The third-order valence-electron chi connectivity index (χ3n) is 3.13.